The summed E-state index contributed by atoms with van der Waals surface area (Å²) >= 11 is 2.02. The van der Waals surface area contributed by atoms with Gasteiger partial charge in [-0.05, 0) is 31.0 Å². The van der Waals surface area contributed by atoms with Crippen LogP contribution in [-0.2, 0) is 0 Å². The fourth-order valence-electron chi connectivity index (χ4n) is 2.65. The number of fused-ring (bicyclic) bond motifs is 1. The summed E-state index contributed by atoms with van der Waals surface area (Å²) in [5, 5.41) is 3.11. The highest BCUT2D eigenvalue weighted by atomic mass is 32.2. The summed E-state index contributed by atoms with van der Waals surface area (Å²) in [7, 11) is 0. The Balaban J connectivity index is 1.94. The molecule has 3 heteroatoms. The van der Waals surface area contributed by atoms with Crippen LogP contribution in [0.15, 0.2) is 35.5 Å². The van der Waals surface area contributed by atoms with Gasteiger partial charge in [0.2, 0.25) is 0 Å². The molecule has 94 valence electrons. The highest BCUT2D eigenvalue weighted by Gasteiger charge is 2.16. The first kappa shape index (κ1) is 11.8. The van der Waals surface area contributed by atoms with Crippen molar-refractivity contribution in [1.82, 2.24) is 4.98 Å². The topological polar surface area (TPSA) is 38.9 Å². The zero-order valence-corrected chi connectivity index (χ0v) is 11.2. The van der Waals surface area contributed by atoms with E-state index in [0.29, 0.717) is 0 Å². The molecule has 0 bridgehead atoms. The minimum absolute atomic E-state index is 0.777. The second kappa shape index (κ2) is 5.19. The molecule has 1 aliphatic carbocycles. The van der Waals surface area contributed by atoms with Crippen LogP contribution in [0, 0.1) is 0 Å². The Kier molecular flexibility index (Phi) is 3.41. The molecule has 1 heterocycles. The third kappa shape index (κ3) is 2.32. The molecule has 2 aromatic rings. The van der Waals surface area contributed by atoms with Crippen molar-refractivity contribution >= 4 is 28.2 Å². The quantitative estimate of drug-likeness (QED) is 0.819. The molecule has 1 saturated carbocycles. The van der Waals surface area contributed by atoms with Crippen LogP contribution in [0.3, 0.4) is 0 Å². The van der Waals surface area contributed by atoms with E-state index in [0.717, 1.165) is 16.3 Å². The van der Waals surface area contributed by atoms with Crippen LogP contribution in [0.5, 0.6) is 0 Å². The Morgan fingerprint density at radius 3 is 2.72 bits per heavy atom. The normalized spacial score (nSPS) is 17.1. The third-order valence-corrected chi connectivity index (χ3v) is 5.07. The molecule has 18 heavy (non-hydrogen) atoms. The van der Waals surface area contributed by atoms with E-state index in [-0.39, 0.29) is 0 Å². The van der Waals surface area contributed by atoms with Gasteiger partial charge >= 0.3 is 0 Å². The Morgan fingerprint density at radius 1 is 1.06 bits per heavy atom. The smallest absolute Gasteiger partial charge is 0.0410 e. The molecule has 1 aromatic carbocycles. The number of nitrogen functional groups attached to an aromatic ring is 1. The van der Waals surface area contributed by atoms with Gasteiger partial charge in [0.1, 0.15) is 0 Å². The summed E-state index contributed by atoms with van der Waals surface area (Å²) < 4.78 is 0. The van der Waals surface area contributed by atoms with Crippen molar-refractivity contribution in [2.75, 3.05) is 5.73 Å². The van der Waals surface area contributed by atoms with E-state index in [4.69, 9.17) is 5.73 Å². The molecule has 3 rings (SSSR count). The van der Waals surface area contributed by atoms with Crippen LogP contribution in [0.4, 0.5) is 5.69 Å². The van der Waals surface area contributed by atoms with Crippen LogP contribution >= 0.6 is 11.8 Å². The van der Waals surface area contributed by atoms with Crippen LogP contribution in [0.25, 0.3) is 10.8 Å². The summed E-state index contributed by atoms with van der Waals surface area (Å²) in [4.78, 5) is 5.53. The van der Waals surface area contributed by atoms with Gasteiger partial charge in [-0.2, -0.15) is 0 Å². The van der Waals surface area contributed by atoms with Crippen LogP contribution in [0.2, 0.25) is 0 Å². The van der Waals surface area contributed by atoms with Crippen molar-refractivity contribution in [3.05, 3.63) is 30.6 Å². The number of anilines is 1. The molecule has 2 nitrogen and oxygen atoms in total. The zero-order valence-electron chi connectivity index (χ0n) is 10.4. The summed E-state index contributed by atoms with van der Waals surface area (Å²) in [6.07, 6.45) is 10.6. The van der Waals surface area contributed by atoms with Gasteiger partial charge in [-0.3, -0.25) is 4.98 Å². The molecule has 0 unspecified atom stereocenters. The Hall–Kier alpha value is -1.22. The monoisotopic (exact) mass is 258 g/mol. The SMILES string of the molecule is Nc1ccc(SC2CCCCC2)c2ccncc12. The van der Waals surface area contributed by atoms with Gasteiger partial charge in [0.15, 0.2) is 0 Å². The Morgan fingerprint density at radius 2 is 1.89 bits per heavy atom. The molecular weight excluding hydrogens is 240 g/mol. The molecule has 0 amide bonds. The van der Waals surface area contributed by atoms with Crippen LogP contribution in [0.1, 0.15) is 32.1 Å². The molecule has 0 spiro atoms. The standard InChI is InChI=1S/C15H18N2S/c16-14-6-7-15(12-8-9-17-10-13(12)14)18-11-4-2-1-3-5-11/h6-11H,1-5,16H2. The van der Waals surface area contributed by atoms with Gasteiger partial charge in [0, 0.05) is 39.0 Å². The molecule has 2 N–H and O–H groups in total. The molecular formula is C15H18N2S. The Bertz CT molecular complexity index is 547. The largest absolute Gasteiger partial charge is 0.398 e. The fraction of sp³-hybridized carbons (Fsp3) is 0.400. The van der Waals surface area contributed by atoms with Gasteiger partial charge in [-0.15, -0.1) is 11.8 Å². The predicted molar refractivity (Wildman–Crippen MR) is 78.9 cm³/mol. The lowest BCUT2D eigenvalue weighted by atomic mass is 10.0. The highest BCUT2D eigenvalue weighted by molar-refractivity contribution is 8.00. The van der Waals surface area contributed by atoms with E-state index in [2.05, 4.69) is 17.1 Å². The maximum Gasteiger partial charge on any atom is 0.0410 e. The molecule has 1 aliphatic rings. The van der Waals surface area contributed by atoms with Crippen molar-refractivity contribution in [3.63, 3.8) is 0 Å². The second-order valence-corrected chi connectivity index (χ2v) is 6.29. The Labute approximate surface area is 112 Å². The number of benzene rings is 1. The molecule has 0 radical (unpaired) electrons. The van der Waals surface area contributed by atoms with E-state index in [9.17, 15) is 0 Å². The van der Waals surface area contributed by atoms with Gasteiger partial charge in [0.25, 0.3) is 0 Å². The number of pyridine rings is 1. The molecule has 1 aromatic heterocycles. The number of hydrogen-bond acceptors (Lipinski definition) is 3. The first-order valence-corrected chi connectivity index (χ1v) is 7.51. The lowest BCUT2D eigenvalue weighted by Crippen LogP contribution is -2.07. The number of nitrogens with two attached hydrogens (primary N) is 1. The van der Waals surface area contributed by atoms with Crippen molar-refractivity contribution in [2.45, 2.75) is 42.2 Å². The first-order chi connectivity index (χ1) is 8.84. The molecule has 0 saturated heterocycles. The van der Waals surface area contributed by atoms with Crippen LogP contribution in [-0.4, -0.2) is 10.2 Å². The molecule has 1 fully saturated rings. The van der Waals surface area contributed by atoms with E-state index in [1.165, 1.54) is 42.4 Å². The first-order valence-electron chi connectivity index (χ1n) is 6.63. The minimum atomic E-state index is 0.777. The van der Waals surface area contributed by atoms with Gasteiger partial charge in [-0.1, -0.05) is 19.3 Å². The van der Waals surface area contributed by atoms with Crippen molar-refractivity contribution in [2.24, 2.45) is 0 Å². The maximum absolute atomic E-state index is 6.01. The zero-order chi connectivity index (χ0) is 12.4. The summed E-state index contributed by atoms with van der Waals surface area (Å²) in [6, 6.07) is 6.25. The summed E-state index contributed by atoms with van der Waals surface area (Å²) in [5.74, 6) is 0. The third-order valence-electron chi connectivity index (χ3n) is 3.66. The highest BCUT2D eigenvalue weighted by Crippen LogP contribution is 2.38. The van der Waals surface area contributed by atoms with E-state index in [1.54, 1.807) is 0 Å². The average molecular weight is 258 g/mol. The number of rotatable bonds is 2. The number of nitrogens with zero attached hydrogens (tertiary/aromatic N) is 1. The lowest BCUT2D eigenvalue weighted by Gasteiger charge is -2.21. The minimum Gasteiger partial charge on any atom is -0.398 e. The van der Waals surface area contributed by atoms with Crippen molar-refractivity contribution in [3.8, 4) is 0 Å². The van der Waals surface area contributed by atoms with Crippen molar-refractivity contribution in [1.29, 1.82) is 0 Å². The van der Waals surface area contributed by atoms with Gasteiger partial charge < -0.3 is 5.73 Å². The van der Waals surface area contributed by atoms with Gasteiger partial charge in [-0.25, -0.2) is 0 Å². The average Bonchev–Trinajstić information content (AvgIpc) is 2.44. The van der Waals surface area contributed by atoms with Crippen molar-refractivity contribution < 1.29 is 0 Å². The number of hydrogen-bond donors (Lipinski definition) is 1. The van der Waals surface area contributed by atoms with E-state index < -0.39 is 0 Å². The molecule has 0 atom stereocenters. The second-order valence-electron chi connectivity index (χ2n) is 4.95. The lowest BCUT2D eigenvalue weighted by molar-refractivity contribution is 0.516. The maximum atomic E-state index is 6.01. The fourth-order valence-corrected chi connectivity index (χ4v) is 4.03. The van der Waals surface area contributed by atoms with E-state index >= 15 is 0 Å². The van der Waals surface area contributed by atoms with Gasteiger partial charge in [0.05, 0.1) is 0 Å². The summed E-state index contributed by atoms with van der Waals surface area (Å²) in [5.41, 5.74) is 6.83. The number of aromatic nitrogens is 1. The summed E-state index contributed by atoms with van der Waals surface area (Å²) in [6.45, 7) is 0. The predicted octanol–water partition coefficient (Wildman–Crippen LogP) is 4.24. The molecule has 0 aliphatic heterocycles. The van der Waals surface area contributed by atoms with Crippen LogP contribution < -0.4 is 5.73 Å². The number of thioether (sulfide) groups is 1. The van der Waals surface area contributed by atoms with E-state index in [1.807, 2.05) is 30.2 Å².